The zero-order valence-electron chi connectivity index (χ0n) is 15.1. The maximum atomic E-state index is 13.8. The molecule has 27 heavy (non-hydrogen) atoms. The van der Waals surface area contributed by atoms with Crippen LogP contribution in [0.1, 0.15) is 17.3 Å². The lowest BCUT2D eigenvalue weighted by Crippen LogP contribution is -2.51. The summed E-state index contributed by atoms with van der Waals surface area (Å²) in [6.07, 6.45) is 0. The van der Waals surface area contributed by atoms with Crippen molar-refractivity contribution in [2.75, 3.05) is 21.3 Å². The van der Waals surface area contributed by atoms with Crippen molar-refractivity contribution in [1.29, 1.82) is 0 Å². The topological polar surface area (TPSA) is 108 Å². The number of carbonyl (C=O) groups is 4. The molecule has 10 heteroatoms. The predicted octanol–water partition coefficient (Wildman–Crippen LogP) is 0.834. The van der Waals surface area contributed by atoms with Gasteiger partial charge in [0.15, 0.2) is 17.6 Å². The van der Waals surface area contributed by atoms with Crippen molar-refractivity contribution < 1.29 is 42.2 Å². The van der Waals surface area contributed by atoms with Crippen LogP contribution in [0.4, 0.5) is 8.78 Å². The molecule has 8 nitrogen and oxygen atoms in total. The van der Waals surface area contributed by atoms with Gasteiger partial charge in [0, 0.05) is 5.92 Å². The summed E-state index contributed by atoms with van der Waals surface area (Å²) >= 11 is 0. The summed E-state index contributed by atoms with van der Waals surface area (Å²) in [5.41, 5.74) is -0.663. The first-order valence-electron chi connectivity index (χ1n) is 7.67. The van der Waals surface area contributed by atoms with Crippen LogP contribution in [0.3, 0.4) is 0 Å². The molecule has 1 aromatic carbocycles. The SMILES string of the molecule is COC(=O)C(C(=O)OC)[C@H](C)[C@@H](NC(=O)c1cccc(F)c1F)C(=O)OC. The molecule has 1 N–H and O–H groups in total. The summed E-state index contributed by atoms with van der Waals surface area (Å²) in [7, 11) is 3.07. The van der Waals surface area contributed by atoms with Crippen LogP contribution in [0.25, 0.3) is 0 Å². The lowest BCUT2D eigenvalue weighted by atomic mass is 9.87. The van der Waals surface area contributed by atoms with E-state index in [1.165, 1.54) is 6.92 Å². The average molecular weight is 387 g/mol. The lowest BCUT2D eigenvalue weighted by Gasteiger charge is -2.27. The minimum atomic E-state index is -1.57. The molecule has 1 rings (SSSR count). The van der Waals surface area contributed by atoms with Gasteiger partial charge in [0.25, 0.3) is 5.91 Å². The predicted molar refractivity (Wildman–Crippen MR) is 86.3 cm³/mol. The fourth-order valence-corrected chi connectivity index (χ4v) is 2.40. The van der Waals surface area contributed by atoms with Crippen molar-refractivity contribution in [3.63, 3.8) is 0 Å². The van der Waals surface area contributed by atoms with Crippen LogP contribution in [0.15, 0.2) is 18.2 Å². The molecule has 1 amide bonds. The Kier molecular flexibility index (Phi) is 7.82. The first-order chi connectivity index (χ1) is 12.7. The van der Waals surface area contributed by atoms with E-state index in [0.717, 1.165) is 39.5 Å². The highest BCUT2D eigenvalue weighted by Crippen LogP contribution is 2.21. The van der Waals surface area contributed by atoms with Crippen molar-refractivity contribution in [1.82, 2.24) is 5.32 Å². The third kappa shape index (κ3) is 4.99. The Morgan fingerprint density at radius 3 is 1.93 bits per heavy atom. The van der Waals surface area contributed by atoms with E-state index < -0.39 is 58.9 Å². The molecule has 1 aromatic rings. The van der Waals surface area contributed by atoms with Gasteiger partial charge in [-0.1, -0.05) is 13.0 Å². The quantitative estimate of drug-likeness (QED) is 0.419. The summed E-state index contributed by atoms with van der Waals surface area (Å²) in [6.45, 7) is 1.29. The van der Waals surface area contributed by atoms with Gasteiger partial charge in [-0.25, -0.2) is 13.6 Å². The second-order valence-electron chi connectivity index (χ2n) is 5.46. The van der Waals surface area contributed by atoms with Gasteiger partial charge in [0.05, 0.1) is 26.9 Å². The molecular formula is C17H19F2NO7. The molecule has 0 heterocycles. The Morgan fingerprint density at radius 1 is 0.926 bits per heavy atom. The number of hydrogen-bond donors (Lipinski definition) is 1. The van der Waals surface area contributed by atoms with E-state index >= 15 is 0 Å². The van der Waals surface area contributed by atoms with Crippen molar-refractivity contribution in [2.45, 2.75) is 13.0 Å². The molecule has 0 spiro atoms. The molecule has 0 unspecified atom stereocenters. The van der Waals surface area contributed by atoms with Crippen LogP contribution in [0, 0.1) is 23.5 Å². The van der Waals surface area contributed by atoms with Gasteiger partial charge in [-0.3, -0.25) is 14.4 Å². The number of nitrogens with one attached hydrogen (secondary N) is 1. The van der Waals surface area contributed by atoms with E-state index in [0.29, 0.717) is 0 Å². The Balaban J connectivity index is 3.22. The first kappa shape index (κ1) is 22.0. The van der Waals surface area contributed by atoms with Gasteiger partial charge in [-0.2, -0.15) is 0 Å². The van der Waals surface area contributed by atoms with E-state index in [1.54, 1.807) is 0 Å². The van der Waals surface area contributed by atoms with Gasteiger partial charge < -0.3 is 19.5 Å². The van der Waals surface area contributed by atoms with Gasteiger partial charge >= 0.3 is 17.9 Å². The average Bonchev–Trinajstić information content (AvgIpc) is 2.66. The molecule has 0 bridgehead atoms. The molecule has 0 aliphatic rings. The number of benzene rings is 1. The van der Waals surface area contributed by atoms with Crippen LogP contribution in [-0.2, 0) is 28.6 Å². The highest BCUT2D eigenvalue weighted by Gasteiger charge is 2.42. The monoisotopic (exact) mass is 387 g/mol. The molecule has 0 fully saturated rings. The smallest absolute Gasteiger partial charge is 0.328 e. The van der Waals surface area contributed by atoms with Crippen LogP contribution in [-0.4, -0.2) is 51.2 Å². The first-order valence-corrected chi connectivity index (χ1v) is 7.67. The second kappa shape index (κ2) is 9.60. The Bertz CT molecular complexity index is 722. The molecule has 0 saturated carbocycles. The maximum Gasteiger partial charge on any atom is 0.328 e. The number of halogens is 2. The minimum absolute atomic E-state index is 0.663. The fourth-order valence-electron chi connectivity index (χ4n) is 2.40. The molecule has 0 radical (unpaired) electrons. The van der Waals surface area contributed by atoms with Crippen molar-refractivity contribution >= 4 is 23.8 Å². The number of methoxy groups -OCH3 is 3. The molecule has 0 aromatic heterocycles. The van der Waals surface area contributed by atoms with E-state index in [4.69, 9.17) is 0 Å². The van der Waals surface area contributed by atoms with Crippen molar-refractivity contribution in [3.05, 3.63) is 35.4 Å². The number of esters is 3. The van der Waals surface area contributed by atoms with Gasteiger partial charge in [0.1, 0.15) is 6.04 Å². The summed E-state index contributed by atoms with van der Waals surface area (Å²) in [6, 6.07) is 1.38. The van der Waals surface area contributed by atoms with Crippen LogP contribution < -0.4 is 5.32 Å². The van der Waals surface area contributed by atoms with E-state index in [9.17, 15) is 28.0 Å². The number of rotatable bonds is 7. The van der Waals surface area contributed by atoms with E-state index in [2.05, 4.69) is 19.5 Å². The maximum absolute atomic E-state index is 13.8. The highest BCUT2D eigenvalue weighted by atomic mass is 19.2. The summed E-state index contributed by atoms with van der Waals surface area (Å²) in [5, 5.41) is 2.15. The molecule has 2 atom stereocenters. The molecule has 0 saturated heterocycles. The standard InChI is InChI=1S/C17H19F2NO7/c1-8(11(15(22)25-2)16(23)26-3)13(17(24)27-4)20-14(21)9-6-5-7-10(18)12(9)19/h5-8,11,13H,1-4H3,(H,20,21)/t8-,13+/m0/s1. The molecule has 148 valence electrons. The lowest BCUT2D eigenvalue weighted by molar-refractivity contribution is -0.163. The normalized spacial score (nSPS) is 12.7. The largest absolute Gasteiger partial charge is 0.468 e. The minimum Gasteiger partial charge on any atom is -0.468 e. The van der Waals surface area contributed by atoms with Crippen LogP contribution in [0.5, 0.6) is 0 Å². The number of amides is 1. The van der Waals surface area contributed by atoms with E-state index in [-0.39, 0.29) is 0 Å². The van der Waals surface area contributed by atoms with Crippen LogP contribution >= 0.6 is 0 Å². The van der Waals surface area contributed by atoms with Crippen molar-refractivity contribution in [3.8, 4) is 0 Å². The zero-order chi connectivity index (χ0) is 20.7. The summed E-state index contributed by atoms with van der Waals surface area (Å²) < 4.78 is 40.8. The van der Waals surface area contributed by atoms with Crippen LogP contribution in [0.2, 0.25) is 0 Å². The highest BCUT2D eigenvalue weighted by molar-refractivity contribution is 5.99. The Morgan fingerprint density at radius 2 is 1.44 bits per heavy atom. The van der Waals surface area contributed by atoms with Gasteiger partial charge in [-0.15, -0.1) is 0 Å². The second-order valence-corrected chi connectivity index (χ2v) is 5.46. The third-order valence-corrected chi connectivity index (χ3v) is 3.90. The number of hydrogen-bond acceptors (Lipinski definition) is 7. The Hall–Kier alpha value is -3.04. The zero-order valence-corrected chi connectivity index (χ0v) is 15.1. The van der Waals surface area contributed by atoms with Crippen molar-refractivity contribution in [2.24, 2.45) is 11.8 Å². The van der Waals surface area contributed by atoms with Gasteiger partial charge in [0.2, 0.25) is 0 Å². The Labute approximate surface area is 153 Å². The number of carbonyl (C=O) groups excluding carboxylic acids is 4. The molecular weight excluding hydrogens is 368 g/mol. The summed E-state index contributed by atoms with van der Waals surface area (Å²) in [4.78, 5) is 48.2. The molecule has 0 aliphatic carbocycles. The van der Waals surface area contributed by atoms with Gasteiger partial charge in [-0.05, 0) is 12.1 Å². The molecule has 0 aliphatic heterocycles. The third-order valence-electron chi connectivity index (χ3n) is 3.90. The summed E-state index contributed by atoms with van der Waals surface area (Å²) in [5.74, 6) is -9.58. The number of ether oxygens (including phenoxy) is 3. The fraction of sp³-hybridized carbons (Fsp3) is 0.412. The van der Waals surface area contributed by atoms with E-state index in [1.807, 2.05) is 0 Å².